The fraction of sp³-hybridized carbons (Fsp3) is 0.667. The number of nitrogens with two attached hydrogens (primary N) is 1. The number of rotatable bonds is 3. The van der Waals surface area contributed by atoms with Gasteiger partial charge in [-0.05, 0) is 32.4 Å². The Balaban J connectivity index is 2.19. The van der Waals surface area contributed by atoms with E-state index in [1.54, 1.807) is 11.3 Å². The molecule has 0 aliphatic carbocycles. The predicted molar refractivity (Wildman–Crippen MR) is 72.5 cm³/mol. The summed E-state index contributed by atoms with van der Waals surface area (Å²) in [5.41, 5.74) is 5.50. The number of likely N-dealkylation sites (tertiary alicyclic amines) is 1. The normalized spacial score (nSPS) is 29.5. The minimum Gasteiger partial charge on any atom is -0.389 e. The van der Waals surface area contributed by atoms with Gasteiger partial charge in [0.05, 0.1) is 16.0 Å². The Morgan fingerprint density at radius 3 is 2.71 bits per heavy atom. The summed E-state index contributed by atoms with van der Waals surface area (Å²) < 4.78 is 0.789. The molecule has 1 saturated heterocycles. The van der Waals surface area contributed by atoms with Crippen molar-refractivity contribution in [3.05, 3.63) is 21.3 Å². The van der Waals surface area contributed by atoms with E-state index in [1.807, 2.05) is 26.0 Å². The lowest BCUT2D eigenvalue weighted by molar-refractivity contribution is 0.0604. The zero-order valence-electron chi connectivity index (χ0n) is 10.2. The van der Waals surface area contributed by atoms with Crippen LogP contribution in [0.3, 0.4) is 0 Å². The van der Waals surface area contributed by atoms with Gasteiger partial charge in [0.1, 0.15) is 0 Å². The Morgan fingerprint density at radius 2 is 2.29 bits per heavy atom. The van der Waals surface area contributed by atoms with Crippen LogP contribution < -0.4 is 5.73 Å². The van der Waals surface area contributed by atoms with Gasteiger partial charge < -0.3 is 10.8 Å². The van der Waals surface area contributed by atoms with Crippen molar-refractivity contribution in [3.63, 3.8) is 0 Å². The number of nitrogens with zero attached hydrogens (tertiary/aromatic N) is 1. The average molecular weight is 275 g/mol. The van der Waals surface area contributed by atoms with E-state index in [2.05, 4.69) is 4.90 Å². The van der Waals surface area contributed by atoms with Gasteiger partial charge in [-0.1, -0.05) is 11.6 Å². The quantitative estimate of drug-likeness (QED) is 0.889. The largest absolute Gasteiger partial charge is 0.389 e. The molecule has 0 saturated carbocycles. The molecule has 3 nitrogen and oxygen atoms in total. The lowest BCUT2D eigenvalue weighted by atomic mass is 10.1. The van der Waals surface area contributed by atoms with Crippen LogP contribution in [0, 0.1) is 0 Å². The molecule has 1 aromatic rings. The first kappa shape index (κ1) is 13.3. The average Bonchev–Trinajstić information content (AvgIpc) is 2.73. The van der Waals surface area contributed by atoms with Crippen molar-refractivity contribution in [2.24, 2.45) is 5.73 Å². The summed E-state index contributed by atoms with van der Waals surface area (Å²) in [5.74, 6) is 0. The molecule has 2 rings (SSSR count). The summed E-state index contributed by atoms with van der Waals surface area (Å²) in [6.45, 7) is 5.45. The van der Waals surface area contributed by atoms with Crippen molar-refractivity contribution in [2.75, 3.05) is 13.1 Å². The molecule has 1 aliphatic heterocycles. The van der Waals surface area contributed by atoms with Gasteiger partial charge in [0.25, 0.3) is 0 Å². The van der Waals surface area contributed by atoms with Crippen LogP contribution in [-0.2, 0) is 0 Å². The number of hydrogen-bond acceptors (Lipinski definition) is 4. The lowest BCUT2D eigenvalue weighted by Gasteiger charge is -2.30. The number of thiophene rings is 1. The van der Waals surface area contributed by atoms with Crippen LogP contribution in [-0.4, -0.2) is 34.7 Å². The highest BCUT2D eigenvalue weighted by molar-refractivity contribution is 7.16. The van der Waals surface area contributed by atoms with E-state index in [-0.39, 0.29) is 12.1 Å². The Hall–Kier alpha value is -0.130. The maximum absolute atomic E-state index is 10.0. The molecular weight excluding hydrogens is 256 g/mol. The molecule has 0 aromatic carbocycles. The number of aliphatic hydroxyl groups is 1. The lowest BCUT2D eigenvalue weighted by Crippen LogP contribution is -2.40. The third kappa shape index (κ3) is 3.01. The van der Waals surface area contributed by atoms with E-state index in [4.69, 9.17) is 17.3 Å². The summed E-state index contributed by atoms with van der Waals surface area (Å²) in [6.07, 6.45) is 0.801. The smallest absolute Gasteiger partial charge is 0.0931 e. The summed E-state index contributed by atoms with van der Waals surface area (Å²) in [6, 6.07) is 4.12. The zero-order valence-corrected chi connectivity index (χ0v) is 11.8. The van der Waals surface area contributed by atoms with Crippen molar-refractivity contribution in [1.29, 1.82) is 0 Å². The van der Waals surface area contributed by atoms with Gasteiger partial charge in [-0.15, -0.1) is 11.3 Å². The third-order valence-corrected chi connectivity index (χ3v) is 4.56. The second-order valence-corrected chi connectivity index (χ2v) is 6.91. The molecule has 3 unspecified atom stereocenters. The molecular formula is C12H19ClN2OS. The van der Waals surface area contributed by atoms with Crippen molar-refractivity contribution in [1.82, 2.24) is 4.90 Å². The monoisotopic (exact) mass is 274 g/mol. The summed E-state index contributed by atoms with van der Waals surface area (Å²) in [5, 5.41) is 10.0. The summed E-state index contributed by atoms with van der Waals surface area (Å²) in [7, 11) is 0. The molecule has 1 aromatic heterocycles. The molecule has 1 fully saturated rings. The molecule has 5 heteroatoms. The van der Waals surface area contributed by atoms with Crippen LogP contribution in [0.1, 0.15) is 31.2 Å². The van der Waals surface area contributed by atoms with Crippen LogP contribution in [0.2, 0.25) is 4.34 Å². The Kier molecular flexibility index (Phi) is 3.80. The Bertz CT molecular complexity index is 392. The third-order valence-electron chi connectivity index (χ3n) is 3.26. The van der Waals surface area contributed by atoms with Gasteiger partial charge >= 0.3 is 0 Å². The Morgan fingerprint density at radius 1 is 1.59 bits per heavy atom. The molecule has 96 valence electrons. The Labute approximate surface area is 111 Å². The highest BCUT2D eigenvalue weighted by atomic mass is 35.5. The first-order valence-electron chi connectivity index (χ1n) is 5.86. The molecule has 2 heterocycles. The van der Waals surface area contributed by atoms with E-state index < -0.39 is 5.60 Å². The molecule has 0 spiro atoms. The molecule has 1 aliphatic rings. The highest BCUT2D eigenvalue weighted by Crippen LogP contribution is 2.35. The van der Waals surface area contributed by atoms with Crippen LogP contribution in [0.4, 0.5) is 0 Å². The van der Waals surface area contributed by atoms with E-state index in [9.17, 15) is 5.11 Å². The zero-order chi connectivity index (χ0) is 12.6. The second-order valence-electron chi connectivity index (χ2n) is 5.16. The fourth-order valence-electron chi connectivity index (χ4n) is 2.48. The van der Waals surface area contributed by atoms with Gasteiger partial charge in [-0.3, -0.25) is 4.90 Å². The fourth-order valence-corrected chi connectivity index (χ4v) is 3.79. The van der Waals surface area contributed by atoms with Gasteiger partial charge in [0, 0.05) is 24.0 Å². The van der Waals surface area contributed by atoms with Gasteiger partial charge in [0.15, 0.2) is 0 Å². The van der Waals surface area contributed by atoms with E-state index >= 15 is 0 Å². The first-order chi connectivity index (χ1) is 7.89. The SMILES string of the molecule is CC(N)C(c1ccc(Cl)s1)N1CCC(C)(O)C1. The van der Waals surface area contributed by atoms with E-state index in [0.717, 1.165) is 17.3 Å². The molecule has 0 amide bonds. The van der Waals surface area contributed by atoms with Gasteiger partial charge in [-0.25, -0.2) is 0 Å². The van der Waals surface area contributed by atoms with Gasteiger partial charge in [-0.2, -0.15) is 0 Å². The number of hydrogen-bond donors (Lipinski definition) is 2. The molecule has 3 N–H and O–H groups in total. The second kappa shape index (κ2) is 4.86. The van der Waals surface area contributed by atoms with E-state index in [0.29, 0.717) is 6.54 Å². The maximum atomic E-state index is 10.0. The number of halogens is 1. The molecule has 0 radical (unpaired) electrons. The van der Waals surface area contributed by atoms with Crippen LogP contribution in [0.15, 0.2) is 12.1 Å². The molecule has 0 bridgehead atoms. The van der Waals surface area contributed by atoms with Crippen molar-refractivity contribution in [2.45, 2.75) is 38.0 Å². The minimum absolute atomic E-state index is 0.0265. The number of β-amino-alcohol motifs (C(OH)–C–C–N with tert-alkyl or cyclic N) is 1. The van der Waals surface area contributed by atoms with Crippen molar-refractivity contribution in [3.8, 4) is 0 Å². The van der Waals surface area contributed by atoms with Gasteiger partial charge in [0.2, 0.25) is 0 Å². The first-order valence-corrected chi connectivity index (χ1v) is 7.06. The standard InChI is InChI=1S/C12H19ClN2OS/c1-8(14)11(9-3-4-10(13)17-9)15-6-5-12(2,16)7-15/h3-4,8,11,16H,5-7,14H2,1-2H3. The topological polar surface area (TPSA) is 49.5 Å². The summed E-state index contributed by atoms with van der Waals surface area (Å²) in [4.78, 5) is 3.44. The van der Waals surface area contributed by atoms with E-state index in [1.165, 1.54) is 4.88 Å². The molecule has 3 atom stereocenters. The van der Waals surface area contributed by atoms with Crippen LogP contribution in [0.5, 0.6) is 0 Å². The van der Waals surface area contributed by atoms with Crippen molar-refractivity contribution < 1.29 is 5.11 Å². The minimum atomic E-state index is -0.589. The molecule has 17 heavy (non-hydrogen) atoms. The van der Waals surface area contributed by atoms with Crippen molar-refractivity contribution >= 4 is 22.9 Å². The maximum Gasteiger partial charge on any atom is 0.0931 e. The highest BCUT2D eigenvalue weighted by Gasteiger charge is 2.37. The predicted octanol–water partition coefficient (Wildman–Crippen LogP) is 2.25. The summed E-state index contributed by atoms with van der Waals surface area (Å²) >= 11 is 7.55. The van der Waals surface area contributed by atoms with Crippen LogP contribution >= 0.6 is 22.9 Å². The van der Waals surface area contributed by atoms with Crippen LogP contribution in [0.25, 0.3) is 0 Å².